The van der Waals surface area contributed by atoms with Gasteiger partial charge in [0.2, 0.25) is 5.43 Å². The first-order valence-corrected chi connectivity index (χ1v) is 11.4. The minimum atomic E-state index is -1.35. The lowest BCUT2D eigenvalue weighted by Crippen LogP contribution is -2.40. The van der Waals surface area contributed by atoms with Gasteiger partial charge in [-0.05, 0) is 40.2 Å². The molecule has 0 radical (unpaired) electrons. The molecule has 2 N–H and O–H groups in total. The maximum atomic E-state index is 15.2. The Kier molecular flexibility index (Phi) is 5.57. The first kappa shape index (κ1) is 22.7. The molecule has 1 saturated heterocycles. The lowest BCUT2D eigenvalue weighted by atomic mass is 10.1. The molecule has 32 heavy (non-hydrogen) atoms. The van der Waals surface area contributed by atoms with Crippen molar-refractivity contribution in [3.05, 3.63) is 32.7 Å². The predicted molar refractivity (Wildman–Crippen MR) is 121 cm³/mol. The second kappa shape index (κ2) is 7.84. The Morgan fingerprint density at radius 2 is 2.06 bits per heavy atom. The number of hydrogen-bond acceptors (Lipinski definition) is 6. The number of pyridine rings is 1. The van der Waals surface area contributed by atoms with Gasteiger partial charge in [-0.1, -0.05) is 23.4 Å². The Balaban J connectivity index is 1.71. The Labute approximate surface area is 192 Å². The number of anilines is 1. The van der Waals surface area contributed by atoms with Crippen LogP contribution in [0.3, 0.4) is 0 Å². The molecule has 0 saturated carbocycles. The standard InChI is InChI=1S/C21H23ClFN3O5S/c1-9-26-15-11(17(27)13(19(28)29)18(26)32-9)7-12(23)16(14(15)22)25-6-5-10(8-25)24-20(30)31-21(2,3)4/h7,9-10H,5-6,8H2,1-4H3,(H,24,30)(H,28,29)/t9?,10-/m0/s1. The summed E-state index contributed by atoms with van der Waals surface area (Å²) in [5.74, 6) is -2.06. The number of aromatic carboxylic acids is 1. The number of nitrogens with zero attached hydrogens (tertiary/aromatic N) is 2. The van der Waals surface area contributed by atoms with Crippen LogP contribution in [0, 0.1) is 5.82 Å². The lowest BCUT2D eigenvalue weighted by molar-refractivity contribution is 0.0508. The summed E-state index contributed by atoms with van der Waals surface area (Å²) >= 11 is 7.89. The van der Waals surface area contributed by atoms with Gasteiger partial charge < -0.3 is 24.6 Å². The van der Waals surface area contributed by atoms with Crippen LogP contribution in [0.4, 0.5) is 14.9 Å². The number of carboxylic acid groups (broad SMARTS) is 1. The van der Waals surface area contributed by atoms with Crippen LogP contribution in [0.1, 0.15) is 49.8 Å². The van der Waals surface area contributed by atoms with E-state index < -0.39 is 28.9 Å². The fourth-order valence-corrected chi connectivity index (χ4v) is 5.66. The van der Waals surface area contributed by atoms with Crippen LogP contribution in [-0.2, 0) is 4.74 Å². The largest absolute Gasteiger partial charge is 0.477 e. The molecule has 2 aliphatic rings. The third-order valence-corrected chi connectivity index (χ3v) is 6.93. The summed E-state index contributed by atoms with van der Waals surface area (Å²) in [5, 5.41) is 12.4. The Morgan fingerprint density at radius 3 is 2.66 bits per heavy atom. The minimum Gasteiger partial charge on any atom is -0.477 e. The second-order valence-electron chi connectivity index (χ2n) is 8.90. The van der Waals surface area contributed by atoms with Crippen molar-refractivity contribution >= 4 is 52.0 Å². The number of nitrogens with one attached hydrogen (secondary N) is 1. The second-order valence-corrected chi connectivity index (χ2v) is 10.6. The number of carbonyl (C=O) groups excluding carboxylic acids is 1. The van der Waals surface area contributed by atoms with Gasteiger partial charge in [0.1, 0.15) is 17.0 Å². The molecule has 1 fully saturated rings. The number of carboxylic acids is 1. The first-order valence-electron chi connectivity index (χ1n) is 10.1. The van der Waals surface area contributed by atoms with Crippen LogP contribution < -0.4 is 15.6 Å². The lowest BCUT2D eigenvalue weighted by Gasteiger charge is -2.34. The molecular formula is C21H23ClFN3O5S. The highest BCUT2D eigenvalue weighted by Gasteiger charge is 2.36. The zero-order valence-electron chi connectivity index (χ0n) is 18.0. The summed E-state index contributed by atoms with van der Waals surface area (Å²) in [6.45, 7) is 7.91. The molecule has 2 aromatic rings. The molecule has 0 aliphatic carbocycles. The molecule has 1 amide bonds. The highest BCUT2D eigenvalue weighted by molar-refractivity contribution is 8.00. The van der Waals surface area contributed by atoms with E-state index in [0.717, 1.165) is 6.07 Å². The monoisotopic (exact) mass is 483 g/mol. The molecule has 4 rings (SSSR count). The molecule has 1 aromatic heterocycles. The maximum Gasteiger partial charge on any atom is 0.407 e. The predicted octanol–water partition coefficient (Wildman–Crippen LogP) is 4.22. The van der Waals surface area contributed by atoms with E-state index in [1.807, 2.05) is 6.92 Å². The van der Waals surface area contributed by atoms with E-state index in [0.29, 0.717) is 30.1 Å². The van der Waals surface area contributed by atoms with Crippen molar-refractivity contribution in [1.29, 1.82) is 0 Å². The van der Waals surface area contributed by atoms with Gasteiger partial charge in [0.25, 0.3) is 0 Å². The normalized spacial score (nSPS) is 20.1. The van der Waals surface area contributed by atoms with Gasteiger partial charge in [-0.2, -0.15) is 0 Å². The SMILES string of the molecule is CC1Sc2c(C(=O)O)c(=O)c3cc(F)c(N4CC[C@H](NC(=O)OC(C)(C)C)C4)c(Cl)c3n21. The molecule has 3 heterocycles. The summed E-state index contributed by atoms with van der Waals surface area (Å²) in [7, 11) is 0. The highest BCUT2D eigenvalue weighted by Crippen LogP contribution is 2.49. The van der Waals surface area contributed by atoms with Gasteiger partial charge in [0.05, 0.1) is 38.1 Å². The van der Waals surface area contributed by atoms with Crippen molar-refractivity contribution in [2.24, 2.45) is 0 Å². The summed E-state index contributed by atoms with van der Waals surface area (Å²) < 4.78 is 22.1. The van der Waals surface area contributed by atoms with Crippen LogP contribution in [0.5, 0.6) is 0 Å². The summed E-state index contributed by atoms with van der Waals surface area (Å²) in [5.41, 5.74) is -1.30. The van der Waals surface area contributed by atoms with Gasteiger partial charge >= 0.3 is 12.1 Å². The van der Waals surface area contributed by atoms with Crippen molar-refractivity contribution in [2.45, 2.75) is 56.2 Å². The zero-order chi connectivity index (χ0) is 23.5. The summed E-state index contributed by atoms with van der Waals surface area (Å²) in [4.78, 5) is 38.2. The quantitative estimate of drug-likeness (QED) is 0.674. The van der Waals surface area contributed by atoms with E-state index in [1.54, 1.807) is 30.2 Å². The number of ether oxygens (including phenoxy) is 1. The van der Waals surface area contributed by atoms with Gasteiger partial charge in [0.15, 0.2) is 0 Å². The number of halogens is 2. The van der Waals surface area contributed by atoms with Gasteiger partial charge in [0, 0.05) is 13.1 Å². The third-order valence-electron chi connectivity index (χ3n) is 5.40. The molecule has 172 valence electrons. The van der Waals surface area contributed by atoms with E-state index in [-0.39, 0.29) is 33.1 Å². The van der Waals surface area contributed by atoms with Crippen LogP contribution in [-0.4, -0.2) is 46.5 Å². The van der Waals surface area contributed by atoms with E-state index in [2.05, 4.69) is 5.32 Å². The molecular weight excluding hydrogens is 461 g/mol. The fraction of sp³-hybridized carbons (Fsp3) is 0.476. The van der Waals surface area contributed by atoms with Crippen LogP contribution in [0.15, 0.2) is 15.9 Å². The van der Waals surface area contributed by atoms with E-state index in [1.165, 1.54) is 11.8 Å². The molecule has 2 aliphatic heterocycles. The average molecular weight is 484 g/mol. The number of benzene rings is 1. The molecule has 2 atom stereocenters. The number of amides is 1. The molecule has 0 bridgehead atoms. The van der Waals surface area contributed by atoms with Crippen molar-refractivity contribution < 1.29 is 23.8 Å². The van der Waals surface area contributed by atoms with E-state index in [4.69, 9.17) is 16.3 Å². The molecule has 8 nitrogen and oxygen atoms in total. The van der Waals surface area contributed by atoms with Gasteiger partial charge in [-0.3, -0.25) is 4.79 Å². The van der Waals surface area contributed by atoms with Crippen molar-refractivity contribution in [3.63, 3.8) is 0 Å². The smallest absolute Gasteiger partial charge is 0.407 e. The van der Waals surface area contributed by atoms with E-state index >= 15 is 4.39 Å². The Bertz CT molecular complexity index is 1210. The zero-order valence-corrected chi connectivity index (χ0v) is 19.6. The summed E-state index contributed by atoms with van der Waals surface area (Å²) in [6.07, 6.45) is 0.0179. The number of alkyl carbamates (subject to hydrolysis) is 1. The first-order chi connectivity index (χ1) is 14.9. The topological polar surface area (TPSA) is 101 Å². The van der Waals surface area contributed by atoms with Crippen LogP contribution >= 0.6 is 23.4 Å². The maximum absolute atomic E-state index is 15.2. The number of rotatable bonds is 3. The number of thioether (sulfide) groups is 1. The number of fused-ring (bicyclic) bond motifs is 3. The Morgan fingerprint density at radius 1 is 1.38 bits per heavy atom. The third kappa shape index (κ3) is 3.79. The fourth-order valence-electron chi connectivity index (χ4n) is 4.12. The Hall–Kier alpha value is -2.46. The van der Waals surface area contributed by atoms with Crippen molar-refractivity contribution in [2.75, 3.05) is 18.0 Å². The molecule has 11 heteroatoms. The summed E-state index contributed by atoms with van der Waals surface area (Å²) in [6, 6.07) is 0.800. The van der Waals surface area contributed by atoms with Crippen molar-refractivity contribution in [1.82, 2.24) is 9.88 Å². The number of hydrogen-bond donors (Lipinski definition) is 2. The average Bonchev–Trinajstić information content (AvgIpc) is 3.08. The van der Waals surface area contributed by atoms with E-state index in [9.17, 15) is 19.5 Å². The molecule has 1 unspecified atom stereocenters. The molecule has 1 aromatic carbocycles. The van der Waals surface area contributed by atoms with Gasteiger partial charge in [-0.15, -0.1) is 0 Å². The van der Waals surface area contributed by atoms with Crippen LogP contribution in [0.25, 0.3) is 10.9 Å². The van der Waals surface area contributed by atoms with Gasteiger partial charge in [-0.25, -0.2) is 14.0 Å². The molecule has 0 spiro atoms. The number of aromatic nitrogens is 1. The van der Waals surface area contributed by atoms with Crippen molar-refractivity contribution in [3.8, 4) is 0 Å². The minimum absolute atomic E-state index is 0.0559. The highest BCUT2D eigenvalue weighted by atomic mass is 35.5. The van der Waals surface area contributed by atoms with Crippen LogP contribution in [0.2, 0.25) is 5.02 Å². The number of carbonyl (C=O) groups is 2.